The summed E-state index contributed by atoms with van der Waals surface area (Å²) < 4.78 is 0. The lowest BCUT2D eigenvalue weighted by Crippen LogP contribution is -2.30. The maximum absolute atomic E-state index is 13.0. The Labute approximate surface area is 166 Å². The molecular weight excluding hydrogens is 374 g/mol. The lowest BCUT2D eigenvalue weighted by molar-refractivity contribution is -0.394. The van der Waals surface area contributed by atoms with Crippen LogP contribution >= 0.6 is 0 Å². The minimum Gasteiger partial charge on any atom is -0.341 e. The third-order valence-electron chi connectivity index (χ3n) is 4.56. The van der Waals surface area contributed by atoms with Crippen LogP contribution in [0.5, 0.6) is 0 Å². The fourth-order valence-electron chi connectivity index (χ4n) is 3.07. The summed E-state index contributed by atoms with van der Waals surface area (Å²) in [6.07, 6.45) is 0. The smallest absolute Gasteiger partial charge is 0.279 e. The maximum Gasteiger partial charge on any atom is 0.279 e. The van der Waals surface area contributed by atoms with E-state index in [1.165, 1.54) is 6.92 Å². The normalized spacial score (nSPS) is 10.6. The molecule has 3 aromatic rings. The number of nitrogens with zero attached hydrogens (tertiary/aromatic N) is 2. The molecule has 3 rings (SSSR count). The molecule has 0 radical (unpaired) electrons. The van der Waals surface area contributed by atoms with Crippen LogP contribution in [0.3, 0.4) is 0 Å². The molecule has 0 saturated carbocycles. The molecule has 0 aliphatic carbocycles. The van der Waals surface area contributed by atoms with Gasteiger partial charge in [0, 0.05) is 11.6 Å². The molecule has 0 atom stereocenters. The Morgan fingerprint density at radius 2 is 1.38 bits per heavy atom. The third kappa shape index (κ3) is 4.27. The molecular formula is C21H17N3O5. The van der Waals surface area contributed by atoms with E-state index in [0.717, 1.165) is 23.3 Å². The van der Waals surface area contributed by atoms with Crippen molar-refractivity contribution in [3.63, 3.8) is 0 Å². The van der Waals surface area contributed by atoms with Gasteiger partial charge >= 0.3 is 0 Å². The number of nitro benzene ring substituents is 2. The molecule has 0 heterocycles. The topological polar surface area (TPSA) is 115 Å². The zero-order valence-corrected chi connectivity index (χ0v) is 15.4. The predicted octanol–water partition coefficient (Wildman–Crippen LogP) is 4.33. The Morgan fingerprint density at radius 1 is 0.862 bits per heavy atom. The van der Waals surface area contributed by atoms with E-state index < -0.39 is 33.2 Å². The van der Waals surface area contributed by atoms with Gasteiger partial charge in [0.05, 0.1) is 27.5 Å². The number of non-ortho nitro benzene ring substituents is 1. The highest BCUT2D eigenvalue weighted by Gasteiger charge is 2.26. The van der Waals surface area contributed by atoms with Crippen LogP contribution < -0.4 is 5.32 Å². The van der Waals surface area contributed by atoms with E-state index in [-0.39, 0.29) is 11.1 Å². The van der Waals surface area contributed by atoms with Crippen LogP contribution in [0.15, 0.2) is 72.8 Å². The number of hydrogen-bond acceptors (Lipinski definition) is 5. The Hall–Kier alpha value is -4.07. The van der Waals surface area contributed by atoms with Gasteiger partial charge in [-0.05, 0) is 18.1 Å². The fraction of sp³-hybridized carbons (Fsp3) is 0.0952. The average Bonchev–Trinajstić information content (AvgIpc) is 2.72. The van der Waals surface area contributed by atoms with Crippen molar-refractivity contribution in [3.8, 4) is 0 Å². The molecule has 0 bridgehead atoms. The van der Waals surface area contributed by atoms with Gasteiger partial charge in [0.2, 0.25) is 0 Å². The predicted molar refractivity (Wildman–Crippen MR) is 107 cm³/mol. The summed E-state index contributed by atoms with van der Waals surface area (Å²) in [5.41, 5.74) is 0.596. The summed E-state index contributed by atoms with van der Waals surface area (Å²) in [6.45, 7) is 1.40. The molecule has 0 aliphatic rings. The second-order valence-electron chi connectivity index (χ2n) is 6.38. The van der Waals surface area contributed by atoms with E-state index >= 15 is 0 Å². The van der Waals surface area contributed by atoms with Crippen LogP contribution in [0.4, 0.5) is 11.4 Å². The van der Waals surface area contributed by atoms with Gasteiger partial charge in [0.25, 0.3) is 17.3 Å². The van der Waals surface area contributed by atoms with Crippen molar-refractivity contribution in [1.29, 1.82) is 0 Å². The van der Waals surface area contributed by atoms with Crippen molar-refractivity contribution < 1.29 is 14.6 Å². The van der Waals surface area contributed by atoms with Gasteiger partial charge in [-0.25, -0.2) is 0 Å². The lowest BCUT2D eigenvalue weighted by Gasteiger charge is -2.20. The summed E-state index contributed by atoms with van der Waals surface area (Å²) in [5.74, 6) is -0.632. The van der Waals surface area contributed by atoms with Crippen molar-refractivity contribution in [3.05, 3.63) is 115 Å². The number of benzene rings is 3. The first-order valence-electron chi connectivity index (χ1n) is 8.72. The van der Waals surface area contributed by atoms with Crippen molar-refractivity contribution in [2.75, 3.05) is 0 Å². The van der Waals surface area contributed by atoms with Gasteiger partial charge in [0.15, 0.2) is 0 Å². The molecule has 0 saturated heterocycles. The molecule has 0 unspecified atom stereocenters. The van der Waals surface area contributed by atoms with E-state index in [4.69, 9.17) is 0 Å². The van der Waals surface area contributed by atoms with Crippen molar-refractivity contribution >= 4 is 17.3 Å². The highest BCUT2D eigenvalue weighted by molar-refractivity contribution is 5.97. The molecule has 0 fully saturated rings. The highest BCUT2D eigenvalue weighted by Crippen LogP contribution is 2.29. The average molecular weight is 391 g/mol. The fourth-order valence-corrected chi connectivity index (χ4v) is 3.07. The summed E-state index contributed by atoms with van der Waals surface area (Å²) in [5, 5.41) is 25.3. The van der Waals surface area contributed by atoms with Crippen molar-refractivity contribution in [2.45, 2.75) is 13.0 Å². The molecule has 3 aromatic carbocycles. The number of amides is 1. The number of hydrogen-bond donors (Lipinski definition) is 1. The van der Waals surface area contributed by atoms with E-state index in [1.54, 1.807) is 0 Å². The quantitative estimate of drug-likeness (QED) is 0.496. The van der Waals surface area contributed by atoms with E-state index in [1.807, 2.05) is 60.7 Å². The Morgan fingerprint density at radius 3 is 1.83 bits per heavy atom. The van der Waals surface area contributed by atoms with Crippen LogP contribution in [0, 0.1) is 27.2 Å². The molecule has 29 heavy (non-hydrogen) atoms. The summed E-state index contributed by atoms with van der Waals surface area (Å²) >= 11 is 0. The summed E-state index contributed by atoms with van der Waals surface area (Å²) in [4.78, 5) is 34.0. The highest BCUT2D eigenvalue weighted by atomic mass is 16.6. The number of rotatable bonds is 6. The Balaban J connectivity index is 2.05. The SMILES string of the molecule is Cc1c(C(=O)NC(c2ccccc2)c2ccccc2)cc([N+](=O)[O-])cc1[N+](=O)[O-]. The second-order valence-corrected chi connectivity index (χ2v) is 6.38. The van der Waals surface area contributed by atoms with E-state index in [0.29, 0.717) is 0 Å². The zero-order valence-electron chi connectivity index (χ0n) is 15.4. The van der Waals surface area contributed by atoms with Crippen LogP contribution in [-0.4, -0.2) is 15.8 Å². The van der Waals surface area contributed by atoms with Gasteiger partial charge in [0.1, 0.15) is 0 Å². The number of carbonyl (C=O) groups excluding carboxylic acids is 1. The van der Waals surface area contributed by atoms with E-state index in [9.17, 15) is 25.0 Å². The number of carbonyl (C=O) groups is 1. The molecule has 146 valence electrons. The molecule has 1 N–H and O–H groups in total. The molecule has 8 heteroatoms. The van der Waals surface area contributed by atoms with Gasteiger partial charge < -0.3 is 5.32 Å². The molecule has 1 amide bonds. The summed E-state index contributed by atoms with van der Waals surface area (Å²) in [6, 6.07) is 19.8. The first-order valence-corrected chi connectivity index (χ1v) is 8.72. The second kappa shape index (κ2) is 8.30. The van der Waals surface area contributed by atoms with Crippen LogP contribution in [-0.2, 0) is 0 Å². The monoisotopic (exact) mass is 391 g/mol. The van der Waals surface area contributed by atoms with Crippen LogP contribution in [0.25, 0.3) is 0 Å². The lowest BCUT2D eigenvalue weighted by atomic mass is 9.97. The summed E-state index contributed by atoms with van der Waals surface area (Å²) in [7, 11) is 0. The minimum atomic E-state index is -0.755. The van der Waals surface area contributed by atoms with Crippen molar-refractivity contribution in [1.82, 2.24) is 5.32 Å². The minimum absolute atomic E-state index is 0.0676. The standard InChI is InChI=1S/C21H17N3O5/c1-14-18(12-17(23(26)27)13-19(14)24(28)29)21(25)22-20(15-8-4-2-5-9-15)16-10-6-3-7-11-16/h2-13,20H,1H3,(H,22,25). The Bertz CT molecular complexity index is 1030. The Kier molecular flexibility index (Phi) is 5.64. The van der Waals surface area contributed by atoms with Crippen LogP contribution in [0.2, 0.25) is 0 Å². The largest absolute Gasteiger partial charge is 0.341 e. The van der Waals surface area contributed by atoms with Crippen LogP contribution in [0.1, 0.15) is 33.1 Å². The maximum atomic E-state index is 13.0. The molecule has 8 nitrogen and oxygen atoms in total. The van der Waals surface area contributed by atoms with Gasteiger partial charge in [-0.3, -0.25) is 25.0 Å². The molecule has 0 spiro atoms. The van der Waals surface area contributed by atoms with Gasteiger partial charge in [-0.2, -0.15) is 0 Å². The molecule has 0 aromatic heterocycles. The zero-order chi connectivity index (χ0) is 21.0. The van der Waals surface area contributed by atoms with Gasteiger partial charge in [-0.1, -0.05) is 60.7 Å². The number of nitro groups is 2. The van der Waals surface area contributed by atoms with Gasteiger partial charge in [-0.15, -0.1) is 0 Å². The first-order chi connectivity index (χ1) is 13.9. The van der Waals surface area contributed by atoms with Crippen molar-refractivity contribution in [2.24, 2.45) is 0 Å². The number of nitrogens with one attached hydrogen (secondary N) is 1. The molecule has 0 aliphatic heterocycles. The first kappa shape index (κ1) is 19.7. The third-order valence-corrected chi connectivity index (χ3v) is 4.56. The van der Waals surface area contributed by atoms with E-state index in [2.05, 4.69) is 5.32 Å².